The molecule has 5 aliphatic carbocycles. The normalized spacial score (nSPS) is 42.6. The quantitative estimate of drug-likeness (QED) is 0.322. The fourth-order valence-corrected chi connectivity index (χ4v) is 11.1. The number of hydrogen-bond acceptors (Lipinski definition) is 2. The molecule has 6 rings (SSSR count). The zero-order valence-electron chi connectivity index (χ0n) is 24.0. The number of benzene rings is 1. The van der Waals surface area contributed by atoms with E-state index in [1.165, 1.54) is 81.4 Å². The Morgan fingerprint density at radius 1 is 0.865 bits per heavy atom. The first-order valence-electron chi connectivity index (χ1n) is 15.3. The van der Waals surface area contributed by atoms with Gasteiger partial charge in [-0.3, -0.25) is 0 Å². The van der Waals surface area contributed by atoms with E-state index in [9.17, 15) is 10.2 Å². The summed E-state index contributed by atoms with van der Waals surface area (Å²) in [5.41, 5.74) is 5.40. The fourth-order valence-electron chi connectivity index (χ4n) is 11.1. The van der Waals surface area contributed by atoms with E-state index in [1.54, 1.807) is 0 Å². The lowest BCUT2D eigenvalue weighted by molar-refractivity contribution is -0.152. The molecule has 2 N–H and O–H groups in total. The van der Waals surface area contributed by atoms with E-state index < -0.39 is 5.79 Å². The number of hydrogen-bond donors (Lipinski definition) is 2. The SMILES string of the molecule is C=C(C)[C@@H]1CCC2CC[C@@]3(C)C4CC[C@@H]5C(CC=C(c6ccc(C(C)(O)O)cc6)C5(C)C)[C@H]4CCC3[C@H]21. The Morgan fingerprint density at radius 2 is 1.54 bits per heavy atom. The average Bonchev–Trinajstić information content (AvgIpc) is 3.28. The second kappa shape index (κ2) is 8.82. The third-order valence-corrected chi connectivity index (χ3v) is 12.8. The van der Waals surface area contributed by atoms with E-state index in [0.717, 1.165) is 47.3 Å². The maximum atomic E-state index is 9.99. The first-order valence-corrected chi connectivity index (χ1v) is 15.3. The van der Waals surface area contributed by atoms with Crippen molar-refractivity contribution < 1.29 is 10.2 Å². The van der Waals surface area contributed by atoms with Crippen molar-refractivity contribution in [1.82, 2.24) is 0 Å². The van der Waals surface area contributed by atoms with Gasteiger partial charge in [-0.05, 0) is 141 Å². The number of rotatable bonds is 3. The largest absolute Gasteiger partial charge is 0.362 e. The Hall–Kier alpha value is -1.38. The first-order chi connectivity index (χ1) is 17.4. The van der Waals surface area contributed by atoms with Crippen LogP contribution >= 0.6 is 0 Å². The molecule has 9 atom stereocenters. The van der Waals surface area contributed by atoms with Crippen LogP contribution in [0.3, 0.4) is 0 Å². The minimum absolute atomic E-state index is 0.142. The molecule has 202 valence electrons. The minimum Gasteiger partial charge on any atom is -0.362 e. The van der Waals surface area contributed by atoms with Crippen molar-refractivity contribution in [2.45, 2.75) is 98.2 Å². The van der Waals surface area contributed by atoms with Crippen molar-refractivity contribution in [3.05, 3.63) is 53.6 Å². The van der Waals surface area contributed by atoms with Crippen LogP contribution < -0.4 is 0 Å². The van der Waals surface area contributed by atoms with E-state index in [-0.39, 0.29) is 5.41 Å². The summed E-state index contributed by atoms with van der Waals surface area (Å²) < 4.78 is 0. The van der Waals surface area contributed by atoms with E-state index in [0.29, 0.717) is 11.0 Å². The summed E-state index contributed by atoms with van der Waals surface area (Å²) in [6, 6.07) is 7.97. The fraction of sp³-hybridized carbons (Fsp3) is 0.714. The summed E-state index contributed by atoms with van der Waals surface area (Å²) in [5.74, 6) is 5.11. The van der Waals surface area contributed by atoms with Gasteiger partial charge in [0, 0.05) is 5.56 Å². The molecular formula is C35H50O2. The molecule has 37 heavy (non-hydrogen) atoms. The lowest BCUT2D eigenvalue weighted by Crippen LogP contribution is -2.56. The molecule has 5 aliphatic rings. The molecule has 0 saturated heterocycles. The molecular weight excluding hydrogens is 452 g/mol. The van der Waals surface area contributed by atoms with E-state index in [4.69, 9.17) is 0 Å². The topological polar surface area (TPSA) is 40.5 Å². The van der Waals surface area contributed by atoms with Gasteiger partial charge >= 0.3 is 0 Å². The molecule has 4 unspecified atom stereocenters. The highest BCUT2D eigenvalue weighted by molar-refractivity contribution is 5.71. The van der Waals surface area contributed by atoms with E-state index in [2.05, 4.69) is 52.5 Å². The van der Waals surface area contributed by atoms with Gasteiger partial charge in [0.15, 0.2) is 5.79 Å². The van der Waals surface area contributed by atoms with Gasteiger partial charge in [0.05, 0.1) is 0 Å². The van der Waals surface area contributed by atoms with Crippen LogP contribution in [0.15, 0.2) is 42.5 Å². The molecule has 0 spiro atoms. The van der Waals surface area contributed by atoms with Crippen LogP contribution in [0.4, 0.5) is 0 Å². The Balaban J connectivity index is 1.27. The molecule has 0 bridgehead atoms. The second-order valence-corrected chi connectivity index (χ2v) is 14.9. The number of allylic oxidation sites excluding steroid dienone is 3. The maximum Gasteiger partial charge on any atom is 0.186 e. The molecule has 4 fully saturated rings. The van der Waals surface area contributed by atoms with Crippen molar-refractivity contribution >= 4 is 5.57 Å². The maximum absolute atomic E-state index is 9.99. The lowest BCUT2D eigenvalue weighted by atomic mass is 9.41. The Bertz CT molecular complexity index is 1070. The molecule has 0 radical (unpaired) electrons. The van der Waals surface area contributed by atoms with Crippen molar-refractivity contribution in [3.8, 4) is 0 Å². The monoisotopic (exact) mass is 502 g/mol. The van der Waals surface area contributed by atoms with Crippen LogP contribution in [0, 0.1) is 58.2 Å². The second-order valence-electron chi connectivity index (χ2n) is 14.9. The van der Waals surface area contributed by atoms with Crippen molar-refractivity contribution in [2.75, 3.05) is 0 Å². The Labute approximate surface area is 225 Å². The predicted octanol–water partition coefficient (Wildman–Crippen LogP) is 8.34. The van der Waals surface area contributed by atoms with Crippen LogP contribution in [0.2, 0.25) is 0 Å². The Kier molecular flexibility index (Phi) is 6.17. The summed E-state index contributed by atoms with van der Waals surface area (Å²) in [6.07, 6.45) is 15.2. The molecule has 0 aromatic heterocycles. The van der Waals surface area contributed by atoms with Crippen LogP contribution in [0.25, 0.3) is 5.57 Å². The molecule has 0 aliphatic heterocycles. The molecule has 0 heterocycles. The van der Waals surface area contributed by atoms with Crippen LogP contribution in [0.1, 0.15) is 104 Å². The molecule has 1 aromatic carbocycles. The molecule has 2 heteroatoms. The van der Waals surface area contributed by atoms with Gasteiger partial charge in [-0.25, -0.2) is 0 Å². The lowest BCUT2D eigenvalue weighted by Gasteiger charge is -2.63. The third kappa shape index (κ3) is 3.95. The summed E-state index contributed by atoms with van der Waals surface area (Å²) in [5, 5.41) is 20.0. The summed E-state index contributed by atoms with van der Waals surface area (Å²) in [4.78, 5) is 0. The van der Waals surface area contributed by atoms with Gasteiger partial charge in [-0.15, -0.1) is 0 Å². The van der Waals surface area contributed by atoms with E-state index >= 15 is 0 Å². The molecule has 1 aromatic rings. The van der Waals surface area contributed by atoms with Crippen LogP contribution in [-0.4, -0.2) is 10.2 Å². The zero-order chi connectivity index (χ0) is 26.3. The van der Waals surface area contributed by atoms with Gasteiger partial charge in [-0.2, -0.15) is 0 Å². The minimum atomic E-state index is -1.78. The predicted molar refractivity (Wildman–Crippen MR) is 152 cm³/mol. The summed E-state index contributed by atoms with van der Waals surface area (Å²) >= 11 is 0. The standard InChI is InChI=1S/C35H50O2/c1-21(2)25-12-9-23-19-20-34(5)30-18-17-29-26(27(30)14-16-31(34)32(23)25)13-15-28(33(29,3)4)22-7-10-24(11-8-22)35(6,36)37/h7-8,10-11,15,23,25-27,29-32,36-37H,1,9,12-14,16-20H2,2-6H3/t23?,25-,26?,27+,29+,30?,31?,32+,34-/m0/s1. The van der Waals surface area contributed by atoms with Crippen LogP contribution in [0.5, 0.6) is 0 Å². The zero-order valence-corrected chi connectivity index (χ0v) is 24.0. The molecule has 4 saturated carbocycles. The average molecular weight is 503 g/mol. The Morgan fingerprint density at radius 3 is 2.22 bits per heavy atom. The van der Waals surface area contributed by atoms with E-state index in [1.807, 2.05) is 12.1 Å². The third-order valence-electron chi connectivity index (χ3n) is 12.8. The molecule has 2 nitrogen and oxygen atoms in total. The van der Waals surface area contributed by atoms with Crippen molar-refractivity contribution in [1.29, 1.82) is 0 Å². The smallest absolute Gasteiger partial charge is 0.186 e. The van der Waals surface area contributed by atoms with Gasteiger partial charge in [0.2, 0.25) is 0 Å². The van der Waals surface area contributed by atoms with Gasteiger partial charge < -0.3 is 10.2 Å². The van der Waals surface area contributed by atoms with Gasteiger partial charge in [0.1, 0.15) is 0 Å². The highest BCUT2D eigenvalue weighted by atomic mass is 16.5. The molecule has 0 amide bonds. The van der Waals surface area contributed by atoms with Crippen molar-refractivity contribution in [2.24, 2.45) is 58.2 Å². The highest BCUT2D eigenvalue weighted by Crippen LogP contribution is 2.69. The van der Waals surface area contributed by atoms with Crippen molar-refractivity contribution in [3.63, 3.8) is 0 Å². The first kappa shape index (κ1) is 25.9. The summed E-state index contributed by atoms with van der Waals surface area (Å²) in [7, 11) is 0. The van der Waals surface area contributed by atoms with Crippen LogP contribution in [-0.2, 0) is 5.79 Å². The highest BCUT2D eigenvalue weighted by Gasteiger charge is 2.60. The number of aliphatic hydroxyl groups is 2. The van der Waals surface area contributed by atoms with Gasteiger partial charge in [-0.1, -0.05) is 63.3 Å². The summed E-state index contributed by atoms with van der Waals surface area (Å²) in [6.45, 7) is 15.9. The van der Waals surface area contributed by atoms with Gasteiger partial charge in [0.25, 0.3) is 0 Å². The number of fused-ring (bicyclic) bond motifs is 7.